The van der Waals surface area contributed by atoms with E-state index in [1.807, 2.05) is 0 Å². The smallest absolute Gasteiger partial charge is 0.132 e. The van der Waals surface area contributed by atoms with Gasteiger partial charge in [0.1, 0.15) is 29.9 Å². The molecule has 13 atom stereocenters. The SMILES string of the molecule is C[C@H](N)[C@H]1CCC2C3CC=C4C[C@@H](OCCCCCCS[C@@H]5O[C@H](CO)[C@@H](O)[C@H](O)[C@@H]5O)CC[C@]4(C)C3CC[C@@]21C. The van der Waals surface area contributed by atoms with Crippen LogP contribution in [-0.4, -0.2) is 81.4 Å². The molecule has 0 aromatic rings. The third-order valence-electron chi connectivity index (χ3n) is 12.3. The largest absolute Gasteiger partial charge is 0.394 e. The van der Waals surface area contributed by atoms with Crippen molar-refractivity contribution in [2.45, 2.75) is 140 Å². The molecule has 3 unspecified atom stereocenters. The van der Waals surface area contributed by atoms with Crippen molar-refractivity contribution in [2.75, 3.05) is 19.0 Å². The number of rotatable bonds is 11. The normalized spacial score (nSPS) is 46.8. The van der Waals surface area contributed by atoms with Gasteiger partial charge in [-0.25, -0.2) is 0 Å². The highest BCUT2D eigenvalue weighted by Crippen LogP contribution is 2.66. The minimum atomic E-state index is -1.29. The first-order valence-electron chi connectivity index (χ1n) is 16.6. The van der Waals surface area contributed by atoms with Crippen molar-refractivity contribution >= 4 is 11.8 Å². The van der Waals surface area contributed by atoms with Crippen LogP contribution in [0.5, 0.6) is 0 Å². The first-order chi connectivity index (χ1) is 19.6. The second-order valence-electron chi connectivity index (χ2n) is 14.6. The summed E-state index contributed by atoms with van der Waals surface area (Å²) >= 11 is 1.44. The number of thioether (sulfide) groups is 1. The number of allylic oxidation sites excluding steroid dienone is 1. The number of nitrogens with two attached hydrogens (primary N) is 1. The molecule has 6 N–H and O–H groups in total. The Kier molecular flexibility index (Phi) is 10.6. The Morgan fingerprint density at radius 1 is 1.00 bits per heavy atom. The summed E-state index contributed by atoms with van der Waals surface area (Å²) < 4.78 is 12.0. The fourth-order valence-corrected chi connectivity index (χ4v) is 11.1. The van der Waals surface area contributed by atoms with Crippen molar-refractivity contribution < 1.29 is 29.9 Å². The Hall–Kier alpha value is -0.190. The van der Waals surface area contributed by atoms with Gasteiger partial charge in [0.25, 0.3) is 0 Å². The Bertz CT molecular complexity index is 901. The van der Waals surface area contributed by atoms with E-state index in [0.29, 0.717) is 28.9 Å². The third kappa shape index (κ3) is 6.33. The second kappa shape index (κ2) is 13.4. The van der Waals surface area contributed by atoms with Gasteiger partial charge in [-0.05, 0) is 111 Å². The fourth-order valence-electron chi connectivity index (χ4n) is 9.89. The molecule has 0 aromatic heterocycles. The summed E-state index contributed by atoms with van der Waals surface area (Å²) in [5.74, 6) is 4.00. The highest BCUT2D eigenvalue weighted by molar-refractivity contribution is 7.99. The van der Waals surface area contributed by atoms with Crippen LogP contribution in [0, 0.1) is 34.5 Å². The maximum Gasteiger partial charge on any atom is 0.132 e. The van der Waals surface area contributed by atoms with Gasteiger partial charge in [-0.1, -0.05) is 38.3 Å². The average Bonchev–Trinajstić information content (AvgIpc) is 3.32. The zero-order valence-electron chi connectivity index (χ0n) is 25.6. The summed E-state index contributed by atoms with van der Waals surface area (Å²) in [4.78, 5) is 0. The predicted octanol–water partition coefficient (Wildman–Crippen LogP) is 4.39. The minimum absolute atomic E-state index is 0.315. The van der Waals surface area contributed by atoms with Crippen LogP contribution in [0.2, 0.25) is 0 Å². The first kappa shape index (κ1) is 32.2. The molecule has 8 heteroatoms. The van der Waals surface area contributed by atoms with Crippen LogP contribution in [0.15, 0.2) is 11.6 Å². The molecule has 1 saturated heterocycles. The van der Waals surface area contributed by atoms with Crippen molar-refractivity contribution in [3.63, 3.8) is 0 Å². The van der Waals surface area contributed by atoms with Crippen LogP contribution in [0.4, 0.5) is 0 Å². The molecular weight excluding hydrogens is 538 g/mol. The molecule has 0 radical (unpaired) electrons. The summed E-state index contributed by atoms with van der Waals surface area (Å²) in [5, 5.41) is 39.4. The minimum Gasteiger partial charge on any atom is -0.394 e. The molecule has 0 amide bonds. The third-order valence-corrected chi connectivity index (χ3v) is 13.5. The molecule has 236 valence electrons. The molecule has 5 aliphatic rings. The van der Waals surface area contributed by atoms with Crippen LogP contribution in [0.25, 0.3) is 0 Å². The fraction of sp³-hybridized carbons (Fsp3) is 0.939. The van der Waals surface area contributed by atoms with E-state index in [1.165, 1.54) is 56.7 Å². The van der Waals surface area contributed by atoms with E-state index in [0.717, 1.165) is 62.2 Å². The predicted molar refractivity (Wildman–Crippen MR) is 163 cm³/mol. The maximum absolute atomic E-state index is 10.2. The lowest BCUT2D eigenvalue weighted by molar-refractivity contribution is -0.205. The Labute approximate surface area is 252 Å². The molecule has 0 aromatic carbocycles. The van der Waals surface area contributed by atoms with E-state index < -0.39 is 29.9 Å². The molecule has 5 rings (SSSR count). The van der Waals surface area contributed by atoms with E-state index in [9.17, 15) is 20.4 Å². The van der Waals surface area contributed by atoms with Crippen LogP contribution < -0.4 is 5.73 Å². The van der Waals surface area contributed by atoms with Gasteiger partial charge in [-0.3, -0.25) is 0 Å². The van der Waals surface area contributed by atoms with E-state index in [-0.39, 0.29) is 6.61 Å². The molecule has 0 bridgehead atoms. The van der Waals surface area contributed by atoms with Crippen LogP contribution in [0.1, 0.15) is 97.8 Å². The van der Waals surface area contributed by atoms with Crippen molar-refractivity contribution in [3.05, 3.63) is 11.6 Å². The molecule has 1 aliphatic heterocycles. The standard InChI is InChI=1S/C33H57NO6S/c1-20(34)24-10-11-25-23-9-8-21-18-22(12-14-32(21,2)26(23)13-15-33(24,25)3)39-16-6-4-5-7-17-41-31-30(38)29(37)28(36)27(19-35)40-31/h8,20,22-31,35-38H,4-7,9-19,34H2,1-3H3/t20-,22-,23?,24+,25?,26?,27+,28+,29-,30-,31-,32-,33+/m0/s1. The Morgan fingerprint density at radius 3 is 2.54 bits per heavy atom. The number of unbranched alkanes of at least 4 members (excludes halogenated alkanes) is 3. The summed E-state index contributed by atoms with van der Waals surface area (Å²) in [7, 11) is 0. The van der Waals surface area contributed by atoms with Gasteiger partial charge in [0.2, 0.25) is 0 Å². The molecule has 4 aliphatic carbocycles. The molecular formula is C33H57NO6S. The lowest BCUT2D eigenvalue weighted by atomic mass is 9.47. The zero-order chi connectivity index (χ0) is 29.4. The van der Waals surface area contributed by atoms with Crippen molar-refractivity contribution in [1.82, 2.24) is 0 Å². The number of aliphatic hydroxyl groups is 4. The first-order valence-corrected chi connectivity index (χ1v) is 17.6. The Morgan fingerprint density at radius 2 is 1.78 bits per heavy atom. The van der Waals surface area contributed by atoms with Gasteiger partial charge in [0.15, 0.2) is 0 Å². The van der Waals surface area contributed by atoms with Gasteiger partial charge >= 0.3 is 0 Å². The van der Waals surface area contributed by atoms with Crippen LogP contribution in [0.3, 0.4) is 0 Å². The number of hydrogen-bond donors (Lipinski definition) is 5. The Balaban J connectivity index is 1.01. The number of ether oxygens (including phenoxy) is 2. The topological polar surface area (TPSA) is 125 Å². The summed E-state index contributed by atoms with van der Waals surface area (Å²) in [5.41, 5.74) is 8.33. The van der Waals surface area contributed by atoms with Gasteiger partial charge in [0, 0.05) is 12.6 Å². The highest BCUT2D eigenvalue weighted by Gasteiger charge is 2.59. The van der Waals surface area contributed by atoms with Gasteiger partial charge in [-0.15, -0.1) is 11.8 Å². The lowest BCUT2D eigenvalue weighted by Crippen LogP contribution is -2.57. The molecule has 1 heterocycles. The molecule has 0 spiro atoms. The summed E-state index contributed by atoms with van der Waals surface area (Å²) in [6.07, 6.45) is 12.9. The summed E-state index contributed by atoms with van der Waals surface area (Å²) in [6.45, 7) is 7.82. The van der Waals surface area contributed by atoms with Crippen molar-refractivity contribution in [2.24, 2.45) is 40.2 Å². The quantitative estimate of drug-likeness (QED) is 0.176. The van der Waals surface area contributed by atoms with Crippen molar-refractivity contribution in [3.8, 4) is 0 Å². The van der Waals surface area contributed by atoms with E-state index in [1.54, 1.807) is 5.57 Å². The molecule has 7 nitrogen and oxygen atoms in total. The van der Waals surface area contributed by atoms with Crippen LogP contribution in [-0.2, 0) is 9.47 Å². The van der Waals surface area contributed by atoms with Crippen molar-refractivity contribution in [1.29, 1.82) is 0 Å². The zero-order valence-corrected chi connectivity index (χ0v) is 26.4. The maximum atomic E-state index is 10.2. The van der Waals surface area contributed by atoms with E-state index in [2.05, 4.69) is 26.8 Å². The van der Waals surface area contributed by atoms with Gasteiger partial charge < -0.3 is 35.6 Å². The van der Waals surface area contributed by atoms with Gasteiger partial charge in [0.05, 0.1) is 12.7 Å². The molecule has 4 fully saturated rings. The number of aliphatic hydroxyl groups excluding tert-OH is 4. The van der Waals surface area contributed by atoms with Crippen LogP contribution >= 0.6 is 11.8 Å². The number of hydrogen-bond acceptors (Lipinski definition) is 8. The van der Waals surface area contributed by atoms with Gasteiger partial charge in [-0.2, -0.15) is 0 Å². The van der Waals surface area contributed by atoms with E-state index >= 15 is 0 Å². The summed E-state index contributed by atoms with van der Waals surface area (Å²) in [6, 6.07) is 0.315. The average molecular weight is 596 g/mol. The number of fused-ring (bicyclic) bond motifs is 5. The highest BCUT2D eigenvalue weighted by atomic mass is 32.2. The second-order valence-corrected chi connectivity index (χ2v) is 15.8. The monoisotopic (exact) mass is 595 g/mol. The van der Waals surface area contributed by atoms with E-state index in [4.69, 9.17) is 15.2 Å². The molecule has 41 heavy (non-hydrogen) atoms. The lowest BCUT2D eigenvalue weighted by Gasteiger charge is -2.58. The molecule has 3 saturated carbocycles.